The molecule has 2 atom stereocenters. The van der Waals surface area contributed by atoms with Crippen molar-refractivity contribution in [2.45, 2.75) is 32.2 Å². The van der Waals surface area contributed by atoms with Crippen LogP contribution in [-0.2, 0) is 16.0 Å². The van der Waals surface area contributed by atoms with Gasteiger partial charge in [0.25, 0.3) is 11.8 Å². The summed E-state index contributed by atoms with van der Waals surface area (Å²) >= 11 is 6.38. The van der Waals surface area contributed by atoms with Gasteiger partial charge in [0.15, 0.2) is 5.41 Å². The predicted octanol–water partition coefficient (Wildman–Crippen LogP) is 5.69. The molecule has 0 aromatic heterocycles. The van der Waals surface area contributed by atoms with Gasteiger partial charge in [-0.15, -0.1) is 0 Å². The van der Waals surface area contributed by atoms with E-state index in [9.17, 15) is 14.4 Å². The Morgan fingerprint density at radius 1 is 0.833 bits per heavy atom. The van der Waals surface area contributed by atoms with Crippen LogP contribution in [-0.4, -0.2) is 30.4 Å². The number of carbonyl (C=O) groups is 3. The monoisotopic (exact) mass is 499 g/mol. The van der Waals surface area contributed by atoms with E-state index in [-0.39, 0.29) is 6.42 Å². The first-order valence-electron chi connectivity index (χ1n) is 12.3. The number of rotatable bonds is 2. The molecule has 3 aromatic carbocycles. The molecule has 3 aliphatic heterocycles. The number of anilines is 3. The van der Waals surface area contributed by atoms with E-state index >= 15 is 0 Å². The van der Waals surface area contributed by atoms with Crippen LogP contribution in [0.2, 0.25) is 5.02 Å². The molecule has 4 amide bonds. The van der Waals surface area contributed by atoms with Crippen molar-refractivity contribution in [1.29, 1.82) is 0 Å². The lowest BCUT2D eigenvalue weighted by Gasteiger charge is -2.56. The van der Waals surface area contributed by atoms with Crippen molar-refractivity contribution in [3.63, 3.8) is 0 Å². The van der Waals surface area contributed by atoms with E-state index in [4.69, 9.17) is 11.6 Å². The minimum atomic E-state index is -1.45. The van der Waals surface area contributed by atoms with E-state index in [1.54, 1.807) is 54.6 Å². The molecule has 182 valence electrons. The van der Waals surface area contributed by atoms with E-state index in [2.05, 4.69) is 11.8 Å². The molecule has 1 spiro atoms. The summed E-state index contributed by atoms with van der Waals surface area (Å²) in [6, 6.07) is 22.4. The van der Waals surface area contributed by atoms with Gasteiger partial charge in [0, 0.05) is 17.3 Å². The van der Waals surface area contributed by atoms with E-state index in [1.165, 1.54) is 9.80 Å². The molecule has 3 aliphatic rings. The fraction of sp³-hybridized carbons (Fsp3) is 0.276. The maximum Gasteiger partial charge on any atom is 0.342 e. The van der Waals surface area contributed by atoms with E-state index in [1.807, 2.05) is 24.3 Å². The zero-order valence-electron chi connectivity index (χ0n) is 19.9. The Labute approximate surface area is 215 Å². The van der Waals surface area contributed by atoms with Crippen molar-refractivity contribution >= 4 is 46.5 Å². The third kappa shape index (κ3) is 3.28. The number of imide groups is 2. The van der Waals surface area contributed by atoms with Gasteiger partial charge in [-0.05, 0) is 67.1 Å². The van der Waals surface area contributed by atoms with Gasteiger partial charge in [-0.3, -0.25) is 9.59 Å². The van der Waals surface area contributed by atoms with Gasteiger partial charge in [0.1, 0.15) is 0 Å². The number of halogens is 1. The smallest absolute Gasteiger partial charge is 0.342 e. The number of benzene rings is 3. The Morgan fingerprint density at radius 2 is 1.42 bits per heavy atom. The first kappa shape index (κ1) is 22.8. The number of amides is 4. The van der Waals surface area contributed by atoms with Crippen molar-refractivity contribution in [3.8, 4) is 0 Å². The van der Waals surface area contributed by atoms with Gasteiger partial charge < -0.3 is 4.90 Å². The highest BCUT2D eigenvalue weighted by Gasteiger charge is 2.65. The molecule has 0 aliphatic carbocycles. The lowest BCUT2D eigenvalue weighted by Crippen LogP contribution is -2.74. The van der Waals surface area contributed by atoms with Crippen LogP contribution >= 0.6 is 11.6 Å². The Kier molecular flexibility index (Phi) is 5.38. The average Bonchev–Trinajstić information content (AvgIpc) is 2.89. The summed E-state index contributed by atoms with van der Waals surface area (Å²) in [5.41, 5.74) is 1.33. The van der Waals surface area contributed by atoms with Crippen molar-refractivity contribution < 1.29 is 14.4 Å². The van der Waals surface area contributed by atoms with Gasteiger partial charge in [-0.1, -0.05) is 61.0 Å². The van der Waals surface area contributed by atoms with Gasteiger partial charge >= 0.3 is 6.03 Å². The molecular weight excluding hydrogens is 474 g/mol. The van der Waals surface area contributed by atoms with E-state index in [0.717, 1.165) is 17.7 Å². The lowest BCUT2D eigenvalue weighted by atomic mass is 9.64. The van der Waals surface area contributed by atoms with Gasteiger partial charge in [0.2, 0.25) is 0 Å². The van der Waals surface area contributed by atoms with Crippen LogP contribution < -0.4 is 14.7 Å². The Morgan fingerprint density at radius 3 is 2.00 bits per heavy atom. The zero-order valence-corrected chi connectivity index (χ0v) is 20.7. The van der Waals surface area contributed by atoms with Gasteiger partial charge in [-0.2, -0.15) is 0 Å². The predicted molar refractivity (Wildman–Crippen MR) is 140 cm³/mol. The standard InChI is InChI=1S/C29H26ClN3O3/c1-19-14-15-31-24-17-21(30)13-12-20(24)18-29(25(31)16-19)26(34)32(22-8-4-2-5-9-22)28(36)33(27(29)35)23-10-6-3-7-11-23/h2-13,17,19,25H,14-16,18H2,1H3/t19-,25-/m1/s1. The van der Waals surface area contributed by atoms with Crippen LogP contribution in [0.25, 0.3) is 0 Å². The number of carbonyl (C=O) groups excluding carboxylic acids is 3. The van der Waals surface area contributed by atoms with Crippen molar-refractivity contribution in [2.24, 2.45) is 11.3 Å². The van der Waals surface area contributed by atoms with Crippen molar-refractivity contribution in [2.75, 3.05) is 21.2 Å². The highest BCUT2D eigenvalue weighted by molar-refractivity contribution is 6.39. The fourth-order valence-corrected chi connectivity index (χ4v) is 6.25. The number of barbiturate groups is 1. The molecule has 6 nitrogen and oxygen atoms in total. The highest BCUT2D eigenvalue weighted by Crippen LogP contribution is 2.51. The van der Waals surface area contributed by atoms with Crippen LogP contribution in [0.5, 0.6) is 0 Å². The summed E-state index contributed by atoms with van der Waals surface area (Å²) < 4.78 is 0. The maximum atomic E-state index is 14.5. The lowest BCUT2D eigenvalue weighted by molar-refractivity contribution is -0.143. The van der Waals surface area contributed by atoms with Crippen molar-refractivity contribution in [1.82, 2.24) is 0 Å². The minimum absolute atomic E-state index is 0.213. The molecule has 0 saturated carbocycles. The summed E-state index contributed by atoms with van der Waals surface area (Å²) in [5.74, 6) is -0.585. The molecule has 0 bridgehead atoms. The molecular formula is C29H26ClN3O3. The molecule has 36 heavy (non-hydrogen) atoms. The second-order valence-corrected chi connectivity index (χ2v) is 10.4. The summed E-state index contributed by atoms with van der Waals surface area (Å²) in [4.78, 5) is 47.5. The molecule has 3 aromatic rings. The maximum absolute atomic E-state index is 14.5. The number of nitrogens with zero attached hydrogens (tertiary/aromatic N) is 3. The average molecular weight is 500 g/mol. The minimum Gasteiger partial charge on any atom is -0.367 e. The van der Waals surface area contributed by atoms with Crippen molar-refractivity contribution in [3.05, 3.63) is 89.4 Å². The first-order chi connectivity index (χ1) is 17.4. The van der Waals surface area contributed by atoms with E-state index in [0.29, 0.717) is 35.3 Å². The van der Waals surface area contributed by atoms with Crippen LogP contribution in [0, 0.1) is 11.3 Å². The first-order valence-corrected chi connectivity index (χ1v) is 12.7. The number of para-hydroxylation sites is 2. The van der Waals surface area contributed by atoms with Crippen LogP contribution in [0.15, 0.2) is 78.9 Å². The number of hydrogen-bond acceptors (Lipinski definition) is 4. The Balaban J connectivity index is 1.60. The summed E-state index contributed by atoms with van der Waals surface area (Å²) in [6.45, 7) is 2.87. The summed E-state index contributed by atoms with van der Waals surface area (Å²) in [6.07, 6.45) is 1.83. The number of hydrogen-bond donors (Lipinski definition) is 0. The highest BCUT2D eigenvalue weighted by atomic mass is 35.5. The Bertz CT molecular complexity index is 1300. The van der Waals surface area contributed by atoms with Gasteiger partial charge in [-0.25, -0.2) is 14.6 Å². The molecule has 2 fully saturated rings. The molecule has 3 heterocycles. The number of urea groups is 1. The largest absolute Gasteiger partial charge is 0.367 e. The molecule has 0 N–H and O–H groups in total. The van der Waals surface area contributed by atoms with Crippen LogP contribution in [0.3, 0.4) is 0 Å². The summed E-state index contributed by atoms with van der Waals surface area (Å²) in [7, 11) is 0. The van der Waals surface area contributed by atoms with Crippen LogP contribution in [0.4, 0.5) is 21.9 Å². The zero-order chi connectivity index (χ0) is 25.0. The molecule has 2 saturated heterocycles. The summed E-state index contributed by atoms with van der Waals surface area (Å²) in [5, 5.41) is 0.621. The number of piperidine rings is 1. The second-order valence-electron chi connectivity index (χ2n) is 9.99. The molecule has 0 radical (unpaired) electrons. The fourth-order valence-electron chi connectivity index (χ4n) is 6.08. The van der Waals surface area contributed by atoms with E-state index < -0.39 is 29.3 Å². The third-order valence-corrected chi connectivity index (χ3v) is 8.08. The quantitative estimate of drug-likeness (QED) is 0.425. The topological polar surface area (TPSA) is 60.9 Å². The molecule has 7 heteroatoms. The molecule has 6 rings (SSSR count). The third-order valence-electron chi connectivity index (χ3n) is 7.84. The SMILES string of the molecule is C[C@@H]1CCN2c3cc(Cl)ccc3CC3(C(=O)N(c4ccccc4)C(=O)N(c4ccccc4)C3=O)[C@H]2C1. The normalized spacial score (nSPS) is 23.1. The van der Waals surface area contributed by atoms with Gasteiger partial charge in [0.05, 0.1) is 17.4 Å². The molecule has 0 unspecified atom stereocenters. The Hall–Kier alpha value is -3.64. The van der Waals surface area contributed by atoms with Crippen LogP contribution in [0.1, 0.15) is 25.3 Å². The number of fused-ring (bicyclic) bond motifs is 4. The second kappa shape index (κ2) is 8.49.